The summed E-state index contributed by atoms with van der Waals surface area (Å²) in [7, 11) is 0. The van der Waals surface area contributed by atoms with E-state index in [4.69, 9.17) is 9.47 Å². The Bertz CT molecular complexity index is 1090. The quantitative estimate of drug-likeness (QED) is 0.200. The summed E-state index contributed by atoms with van der Waals surface area (Å²) in [6, 6.07) is 14.2. The number of rotatable bonds is 9. The summed E-state index contributed by atoms with van der Waals surface area (Å²) in [6.07, 6.45) is 0.692. The van der Waals surface area contributed by atoms with E-state index in [0.29, 0.717) is 30.9 Å². The van der Waals surface area contributed by atoms with E-state index < -0.39 is 17.7 Å². The van der Waals surface area contributed by atoms with Gasteiger partial charge in [-0.3, -0.25) is 9.59 Å². The largest absolute Gasteiger partial charge is 0.507 e. The molecule has 0 aromatic heterocycles. The first kappa shape index (κ1) is 27.5. The van der Waals surface area contributed by atoms with E-state index >= 15 is 0 Å². The van der Waals surface area contributed by atoms with E-state index in [0.717, 1.165) is 11.1 Å². The number of amides is 1. The molecule has 1 N–H and O–H groups in total. The number of ketones is 1. The SMILES string of the molecule is CC(C)OCCCN1C(=O)C(=O)/C(=C(\O)c2ccc(OC(C)C)cc2)C1c1ccc(C(C)(C)C)cc1. The van der Waals surface area contributed by atoms with Crippen molar-refractivity contribution in [2.24, 2.45) is 0 Å². The van der Waals surface area contributed by atoms with Crippen molar-refractivity contribution < 1.29 is 24.2 Å². The fourth-order valence-corrected chi connectivity index (χ4v) is 4.30. The molecule has 1 unspecified atom stereocenters. The van der Waals surface area contributed by atoms with Crippen LogP contribution in [0.5, 0.6) is 5.75 Å². The van der Waals surface area contributed by atoms with Crippen molar-refractivity contribution in [3.63, 3.8) is 0 Å². The maximum Gasteiger partial charge on any atom is 0.295 e. The lowest BCUT2D eigenvalue weighted by atomic mass is 9.85. The minimum Gasteiger partial charge on any atom is -0.507 e. The summed E-state index contributed by atoms with van der Waals surface area (Å²) in [5.74, 6) is -0.799. The molecule has 1 atom stereocenters. The van der Waals surface area contributed by atoms with Crippen molar-refractivity contribution in [2.45, 2.75) is 78.6 Å². The zero-order valence-corrected chi connectivity index (χ0v) is 22.5. The van der Waals surface area contributed by atoms with Crippen molar-refractivity contribution >= 4 is 17.4 Å². The minimum atomic E-state index is -0.676. The van der Waals surface area contributed by atoms with Crippen LogP contribution in [0.15, 0.2) is 54.1 Å². The lowest BCUT2D eigenvalue weighted by molar-refractivity contribution is -0.140. The molecular weight excluding hydrogens is 454 g/mol. The number of aliphatic hydroxyl groups excluding tert-OH is 1. The molecule has 1 saturated heterocycles. The summed E-state index contributed by atoms with van der Waals surface area (Å²) >= 11 is 0. The summed E-state index contributed by atoms with van der Waals surface area (Å²) < 4.78 is 11.3. The molecule has 1 heterocycles. The monoisotopic (exact) mass is 493 g/mol. The van der Waals surface area contributed by atoms with Crippen LogP contribution in [-0.4, -0.2) is 47.1 Å². The Labute approximate surface area is 214 Å². The molecule has 2 aromatic carbocycles. The molecule has 1 aliphatic rings. The third kappa shape index (κ3) is 6.35. The molecule has 0 radical (unpaired) electrons. The fraction of sp³-hybridized carbons (Fsp3) is 0.467. The lowest BCUT2D eigenvalue weighted by Crippen LogP contribution is -2.31. The number of nitrogens with zero attached hydrogens (tertiary/aromatic N) is 1. The van der Waals surface area contributed by atoms with Crippen molar-refractivity contribution in [1.82, 2.24) is 4.90 Å². The van der Waals surface area contributed by atoms with Gasteiger partial charge < -0.3 is 19.5 Å². The van der Waals surface area contributed by atoms with Gasteiger partial charge in [-0.2, -0.15) is 0 Å². The van der Waals surface area contributed by atoms with Crippen LogP contribution >= 0.6 is 0 Å². The summed E-state index contributed by atoms with van der Waals surface area (Å²) in [5, 5.41) is 11.3. The maximum absolute atomic E-state index is 13.2. The molecule has 1 amide bonds. The van der Waals surface area contributed by atoms with E-state index in [1.165, 1.54) is 0 Å². The number of aliphatic hydroxyl groups is 1. The minimum absolute atomic E-state index is 0.0190. The van der Waals surface area contributed by atoms with Gasteiger partial charge in [0, 0.05) is 18.7 Å². The lowest BCUT2D eigenvalue weighted by Gasteiger charge is -2.26. The standard InChI is InChI=1S/C30H39NO5/c1-19(2)35-18-8-17-31-26(21-9-13-23(14-10-21)30(5,6)7)25(28(33)29(31)34)27(32)22-11-15-24(16-12-22)36-20(3)4/h9-16,19-20,26,32H,8,17-18H2,1-7H3/b27-25-. The molecule has 0 saturated carbocycles. The summed E-state index contributed by atoms with van der Waals surface area (Å²) in [5.41, 5.74) is 2.46. The van der Waals surface area contributed by atoms with Crippen LogP contribution in [0, 0.1) is 0 Å². The Balaban J connectivity index is 2.02. The zero-order valence-electron chi connectivity index (χ0n) is 22.5. The van der Waals surface area contributed by atoms with Crippen molar-refractivity contribution in [1.29, 1.82) is 0 Å². The van der Waals surface area contributed by atoms with E-state index in [1.54, 1.807) is 29.2 Å². The Kier molecular flexibility index (Phi) is 8.62. The molecule has 194 valence electrons. The van der Waals surface area contributed by atoms with Crippen LogP contribution in [0.3, 0.4) is 0 Å². The highest BCUT2D eigenvalue weighted by Gasteiger charge is 2.45. The highest BCUT2D eigenvalue weighted by atomic mass is 16.5. The van der Waals surface area contributed by atoms with E-state index in [2.05, 4.69) is 20.8 Å². The first-order valence-electron chi connectivity index (χ1n) is 12.7. The fourth-order valence-electron chi connectivity index (χ4n) is 4.30. The van der Waals surface area contributed by atoms with Crippen LogP contribution in [0.2, 0.25) is 0 Å². The molecule has 0 bridgehead atoms. The van der Waals surface area contributed by atoms with Crippen LogP contribution in [0.25, 0.3) is 5.76 Å². The highest BCUT2D eigenvalue weighted by Crippen LogP contribution is 2.40. The second-order valence-electron chi connectivity index (χ2n) is 10.8. The van der Waals surface area contributed by atoms with Gasteiger partial charge in [0.15, 0.2) is 0 Å². The smallest absolute Gasteiger partial charge is 0.295 e. The molecule has 1 fully saturated rings. The Morgan fingerprint density at radius 3 is 2.08 bits per heavy atom. The van der Waals surface area contributed by atoms with Gasteiger partial charge in [-0.1, -0.05) is 45.0 Å². The predicted molar refractivity (Wildman–Crippen MR) is 142 cm³/mol. The van der Waals surface area contributed by atoms with E-state index in [1.807, 2.05) is 52.0 Å². The van der Waals surface area contributed by atoms with Crippen molar-refractivity contribution in [2.75, 3.05) is 13.2 Å². The van der Waals surface area contributed by atoms with Gasteiger partial charge in [-0.25, -0.2) is 0 Å². The average molecular weight is 494 g/mol. The highest BCUT2D eigenvalue weighted by molar-refractivity contribution is 6.46. The molecule has 6 heteroatoms. The third-order valence-corrected chi connectivity index (χ3v) is 6.13. The zero-order chi connectivity index (χ0) is 26.6. The Morgan fingerprint density at radius 2 is 1.56 bits per heavy atom. The van der Waals surface area contributed by atoms with E-state index in [9.17, 15) is 14.7 Å². The molecule has 0 spiro atoms. The van der Waals surface area contributed by atoms with Crippen molar-refractivity contribution in [3.8, 4) is 5.75 Å². The molecule has 2 aromatic rings. The summed E-state index contributed by atoms with van der Waals surface area (Å²) in [4.78, 5) is 27.9. The normalized spacial score (nSPS) is 17.9. The number of likely N-dealkylation sites (tertiary alicyclic amines) is 1. The molecule has 6 nitrogen and oxygen atoms in total. The second kappa shape index (κ2) is 11.3. The van der Waals surface area contributed by atoms with Crippen LogP contribution in [0.1, 0.15) is 77.6 Å². The van der Waals surface area contributed by atoms with Gasteiger partial charge in [0.25, 0.3) is 11.7 Å². The molecule has 0 aliphatic carbocycles. The van der Waals surface area contributed by atoms with Gasteiger partial charge in [-0.05, 0) is 74.9 Å². The Hall–Kier alpha value is -3.12. The number of carbonyl (C=O) groups is 2. The van der Waals surface area contributed by atoms with Gasteiger partial charge in [-0.15, -0.1) is 0 Å². The van der Waals surface area contributed by atoms with Gasteiger partial charge in [0.2, 0.25) is 0 Å². The molecule has 1 aliphatic heterocycles. The van der Waals surface area contributed by atoms with Gasteiger partial charge in [0.1, 0.15) is 11.5 Å². The molecular formula is C30H39NO5. The van der Waals surface area contributed by atoms with Crippen LogP contribution in [-0.2, 0) is 19.7 Å². The maximum atomic E-state index is 13.2. The van der Waals surface area contributed by atoms with Gasteiger partial charge in [0.05, 0.1) is 23.8 Å². The number of hydrogen-bond donors (Lipinski definition) is 1. The van der Waals surface area contributed by atoms with Crippen LogP contribution in [0.4, 0.5) is 0 Å². The summed E-state index contributed by atoms with van der Waals surface area (Å²) in [6.45, 7) is 15.0. The first-order chi connectivity index (χ1) is 16.9. The number of carbonyl (C=O) groups excluding carboxylic acids is 2. The third-order valence-electron chi connectivity index (χ3n) is 6.13. The van der Waals surface area contributed by atoms with Crippen LogP contribution < -0.4 is 4.74 Å². The number of Topliss-reactive ketones (excluding diaryl/α,β-unsaturated/α-hetero) is 1. The molecule has 36 heavy (non-hydrogen) atoms. The number of ether oxygens (including phenoxy) is 2. The topological polar surface area (TPSA) is 76.1 Å². The number of hydrogen-bond acceptors (Lipinski definition) is 5. The van der Waals surface area contributed by atoms with Gasteiger partial charge >= 0.3 is 0 Å². The first-order valence-corrected chi connectivity index (χ1v) is 12.7. The Morgan fingerprint density at radius 1 is 0.944 bits per heavy atom. The average Bonchev–Trinajstić information content (AvgIpc) is 3.06. The predicted octanol–water partition coefficient (Wildman–Crippen LogP) is 6.01. The molecule has 3 rings (SSSR count). The second-order valence-corrected chi connectivity index (χ2v) is 10.8. The number of benzene rings is 2. The van der Waals surface area contributed by atoms with E-state index in [-0.39, 0.29) is 29.0 Å². The van der Waals surface area contributed by atoms with Crippen molar-refractivity contribution in [3.05, 3.63) is 70.8 Å².